The zero-order valence-electron chi connectivity index (χ0n) is 12.0. The molecule has 0 bridgehead atoms. The van der Waals surface area contributed by atoms with E-state index in [2.05, 4.69) is 45.0 Å². The molecule has 1 aliphatic heterocycles. The molecule has 0 atom stereocenters. The van der Waals surface area contributed by atoms with Gasteiger partial charge in [0.25, 0.3) is 10.0 Å². The molecule has 9 heteroatoms. The molecule has 0 aliphatic carbocycles. The van der Waals surface area contributed by atoms with Crippen molar-refractivity contribution in [1.82, 2.24) is 24.2 Å². The summed E-state index contributed by atoms with van der Waals surface area (Å²) in [6.07, 6.45) is 0. The average molecular weight is 366 g/mol. The van der Waals surface area contributed by atoms with E-state index in [9.17, 15) is 8.42 Å². The lowest BCUT2D eigenvalue weighted by Gasteiger charge is -2.34. The summed E-state index contributed by atoms with van der Waals surface area (Å²) in [5.74, 6) is 0.591. The molecule has 0 spiro atoms. The molecule has 0 radical (unpaired) electrons. The van der Waals surface area contributed by atoms with Crippen molar-refractivity contribution >= 4 is 26.0 Å². The van der Waals surface area contributed by atoms with Crippen molar-refractivity contribution in [2.45, 2.75) is 18.9 Å². The quantitative estimate of drug-likeness (QED) is 0.778. The first-order valence-corrected chi connectivity index (χ1v) is 8.83. The van der Waals surface area contributed by atoms with Crippen LogP contribution in [0.4, 0.5) is 0 Å². The summed E-state index contributed by atoms with van der Waals surface area (Å²) in [4.78, 5) is 2.30. The van der Waals surface area contributed by atoms with Gasteiger partial charge in [0.2, 0.25) is 5.03 Å². The summed E-state index contributed by atoms with van der Waals surface area (Å²) in [7, 11) is -1.95. The van der Waals surface area contributed by atoms with Gasteiger partial charge in [0.15, 0.2) is 4.60 Å². The number of aryl methyl sites for hydroxylation is 1. The Hall–Kier alpha value is -0.510. The van der Waals surface area contributed by atoms with Crippen LogP contribution < -0.4 is 0 Å². The van der Waals surface area contributed by atoms with Gasteiger partial charge < -0.3 is 4.90 Å². The van der Waals surface area contributed by atoms with Gasteiger partial charge in [-0.15, -0.1) is 5.10 Å². The summed E-state index contributed by atoms with van der Waals surface area (Å²) in [5.41, 5.74) is 0. The van der Waals surface area contributed by atoms with Crippen molar-refractivity contribution < 1.29 is 8.42 Å². The van der Waals surface area contributed by atoms with Gasteiger partial charge in [0, 0.05) is 39.8 Å². The van der Waals surface area contributed by atoms with Crippen molar-refractivity contribution in [3.63, 3.8) is 0 Å². The van der Waals surface area contributed by atoms with Crippen LogP contribution >= 0.6 is 15.9 Å². The molecule has 0 unspecified atom stereocenters. The van der Waals surface area contributed by atoms with Gasteiger partial charge in [0.05, 0.1) is 0 Å². The molecule has 0 amide bonds. The Bertz CT molecular complexity index is 544. The molecule has 2 rings (SSSR count). The maximum Gasteiger partial charge on any atom is 0.263 e. The van der Waals surface area contributed by atoms with Gasteiger partial charge in [-0.1, -0.05) is 19.1 Å². The Kier molecular flexibility index (Phi) is 4.83. The summed E-state index contributed by atoms with van der Waals surface area (Å²) in [6, 6.07) is 0. The number of piperazine rings is 1. The van der Waals surface area contributed by atoms with E-state index >= 15 is 0 Å². The van der Waals surface area contributed by atoms with Gasteiger partial charge in [-0.25, -0.2) is 13.1 Å². The molecular weight excluding hydrogens is 346 g/mol. The minimum Gasteiger partial charge on any atom is -0.300 e. The fourth-order valence-electron chi connectivity index (χ4n) is 2.39. The maximum absolute atomic E-state index is 12.6. The summed E-state index contributed by atoms with van der Waals surface area (Å²) in [5, 5.41) is 7.60. The van der Waals surface area contributed by atoms with Crippen LogP contribution in [0, 0.1) is 5.92 Å². The molecule has 0 N–H and O–H groups in total. The predicted octanol–water partition coefficient (Wildman–Crippen LogP) is 0.540. The number of hydrogen-bond donors (Lipinski definition) is 0. The highest BCUT2D eigenvalue weighted by Gasteiger charge is 2.33. The first-order chi connectivity index (χ1) is 9.32. The molecular formula is C11H20BrN5O2S. The van der Waals surface area contributed by atoms with Crippen molar-refractivity contribution in [3.05, 3.63) is 4.60 Å². The second kappa shape index (κ2) is 6.08. The van der Waals surface area contributed by atoms with Crippen molar-refractivity contribution in [2.75, 3.05) is 32.7 Å². The van der Waals surface area contributed by atoms with E-state index in [-0.39, 0.29) is 9.63 Å². The van der Waals surface area contributed by atoms with Crippen molar-refractivity contribution in [2.24, 2.45) is 13.0 Å². The largest absolute Gasteiger partial charge is 0.300 e. The van der Waals surface area contributed by atoms with Crippen LogP contribution in [0.1, 0.15) is 13.8 Å². The molecule has 1 aliphatic rings. The monoisotopic (exact) mass is 365 g/mol. The van der Waals surface area contributed by atoms with Crippen LogP contribution in [0.5, 0.6) is 0 Å². The highest BCUT2D eigenvalue weighted by molar-refractivity contribution is 9.10. The lowest BCUT2D eigenvalue weighted by molar-refractivity contribution is 0.171. The van der Waals surface area contributed by atoms with E-state index < -0.39 is 10.0 Å². The number of aromatic nitrogens is 3. The van der Waals surface area contributed by atoms with Crippen LogP contribution in [0.25, 0.3) is 0 Å². The Labute approximate surface area is 128 Å². The second-order valence-electron chi connectivity index (χ2n) is 5.41. The van der Waals surface area contributed by atoms with Crippen LogP contribution in [-0.4, -0.2) is 65.3 Å². The number of halogens is 1. The lowest BCUT2D eigenvalue weighted by Crippen LogP contribution is -2.49. The Morgan fingerprint density at radius 1 is 1.25 bits per heavy atom. The Morgan fingerprint density at radius 3 is 2.30 bits per heavy atom. The van der Waals surface area contributed by atoms with Gasteiger partial charge in [-0.05, 0) is 21.8 Å². The van der Waals surface area contributed by atoms with E-state index in [1.54, 1.807) is 7.05 Å². The SMILES string of the molecule is CC(C)CN1CCN(S(=O)(=O)c2c(Br)nnn2C)CC1. The molecule has 0 aromatic carbocycles. The minimum absolute atomic E-state index is 0.120. The normalized spacial score (nSPS) is 18.9. The smallest absolute Gasteiger partial charge is 0.263 e. The van der Waals surface area contributed by atoms with E-state index in [1.165, 1.54) is 8.99 Å². The van der Waals surface area contributed by atoms with E-state index in [0.29, 0.717) is 19.0 Å². The third-order valence-corrected chi connectivity index (χ3v) is 6.06. The lowest BCUT2D eigenvalue weighted by atomic mass is 10.2. The molecule has 114 valence electrons. The van der Waals surface area contributed by atoms with Crippen LogP contribution in [0.2, 0.25) is 0 Å². The second-order valence-corrected chi connectivity index (χ2v) is 8.01. The predicted molar refractivity (Wildman–Crippen MR) is 78.7 cm³/mol. The molecule has 0 saturated carbocycles. The first-order valence-electron chi connectivity index (χ1n) is 6.60. The van der Waals surface area contributed by atoms with Crippen LogP contribution in [0.3, 0.4) is 0 Å². The molecule has 2 heterocycles. The summed E-state index contributed by atoms with van der Waals surface area (Å²) < 4.78 is 28.3. The molecule has 1 aromatic heterocycles. The Balaban J connectivity index is 2.10. The van der Waals surface area contributed by atoms with E-state index in [1.807, 2.05) is 0 Å². The van der Waals surface area contributed by atoms with E-state index in [4.69, 9.17) is 0 Å². The minimum atomic E-state index is -3.53. The number of rotatable bonds is 4. The van der Waals surface area contributed by atoms with Gasteiger partial charge >= 0.3 is 0 Å². The molecule has 1 saturated heterocycles. The van der Waals surface area contributed by atoms with Crippen molar-refractivity contribution in [3.8, 4) is 0 Å². The van der Waals surface area contributed by atoms with Gasteiger partial charge in [0.1, 0.15) is 0 Å². The average Bonchev–Trinajstić information content (AvgIpc) is 2.69. The summed E-state index contributed by atoms with van der Waals surface area (Å²) in [6.45, 7) is 7.88. The topological polar surface area (TPSA) is 71.3 Å². The summed E-state index contributed by atoms with van der Waals surface area (Å²) >= 11 is 3.15. The number of nitrogens with zero attached hydrogens (tertiary/aromatic N) is 5. The zero-order valence-corrected chi connectivity index (χ0v) is 14.4. The Morgan fingerprint density at radius 2 is 1.85 bits per heavy atom. The molecule has 7 nitrogen and oxygen atoms in total. The fraction of sp³-hybridized carbons (Fsp3) is 0.818. The van der Waals surface area contributed by atoms with E-state index in [0.717, 1.165) is 19.6 Å². The fourth-order valence-corrected chi connectivity index (χ4v) is 4.84. The standard InChI is InChI=1S/C11H20BrN5O2S/c1-9(2)8-16-4-6-17(7-5-16)20(18,19)11-10(12)13-14-15(11)3/h9H,4-8H2,1-3H3. The highest BCUT2D eigenvalue weighted by Crippen LogP contribution is 2.23. The van der Waals surface area contributed by atoms with Gasteiger partial charge in [-0.2, -0.15) is 4.31 Å². The van der Waals surface area contributed by atoms with Crippen LogP contribution in [0.15, 0.2) is 9.63 Å². The molecule has 1 fully saturated rings. The third-order valence-electron chi connectivity index (χ3n) is 3.28. The zero-order chi connectivity index (χ0) is 14.9. The number of sulfonamides is 1. The molecule has 1 aromatic rings. The highest BCUT2D eigenvalue weighted by atomic mass is 79.9. The molecule has 20 heavy (non-hydrogen) atoms. The van der Waals surface area contributed by atoms with Gasteiger partial charge in [-0.3, -0.25) is 0 Å². The maximum atomic E-state index is 12.6. The third kappa shape index (κ3) is 3.21. The number of hydrogen-bond acceptors (Lipinski definition) is 5. The first kappa shape index (κ1) is 15.9. The van der Waals surface area contributed by atoms with Crippen molar-refractivity contribution in [1.29, 1.82) is 0 Å². The van der Waals surface area contributed by atoms with Crippen LogP contribution in [-0.2, 0) is 17.1 Å².